The number of rotatable bonds is 6. The van der Waals surface area contributed by atoms with Crippen LogP contribution in [-0.2, 0) is 0 Å². The van der Waals surface area contributed by atoms with Gasteiger partial charge in [0.2, 0.25) is 0 Å². The van der Waals surface area contributed by atoms with Crippen LogP contribution in [0, 0.1) is 20.2 Å². The minimum Gasteiger partial charge on any atom is -0.490 e. The summed E-state index contributed by atoms with van der Waals surface area (Å²) in [6, 6.07) is 8.94. The van der Waals surface area contributed by atoms with Gasteiger partial charge in [0.1, 0.15) is 0 Å². The number of benzene rings is 2. The number of nitrogens with zero attached hydrogens (tertiary/aromatic N) is 2. The van der Waals surface area contributed by atoms with Crippen molar-refractivity contribution >= 4 is 23.1 Å². The molecule has 0 atom stereocenters. The van der Waals surface area contributed by atoms with Gasteiger partial charge < -0.3 is 9.47 Å². The SMILES string of the molecule is COc1cc(Sc2ccc([N+](=O)[O-])c(OC)c2)ccc1[N+](=O)[O-]. The molecule has 0 radical (unpaired) electrons. The molecule has 2 rings (SSSR count). The number of hydrogen-bond acceptors (Lipinski definition) is 7. The third-order valence-electron chi connectivity index (χ3n) is 2.93. The van der Waals surface area contributed by atoms with Gasteiger partial charge in [0.25, 0.3) is 0 Å². The largest absolute Gasteiger partial charge is 0.490 e. The Bertz CT molecular complexity index is 701. The average molecular weight is 336 g/mol. The van der Waals surface area contributed by atoms with Crippen LogP contribution >= 0.6 is 11.8 Å². The summed E-state index contributed by atoms with van der Waals surface area (Å²) < 4.78 is 10.0. The molecule has 0 aliphatic carbocycles. The fourth-order valence-electron chi connectivity index (χ4n) is 1.88. The number of hydrogen-bond donors (Lipinski definition) is 0. The van der Waals surface area contributed by atoms with Crippen molar-refractivity contribution in [2.45, 2.75) is 9.79 Å². The Balaban J connectivity index is 2.32. The summed E-state index contributed by atoms with van der Waals surface area (Å²) in [5.41, 5.74) is -0.253. The van der Waals surface area contributed by atoms with E-state index in [1.54, 1.807) is 12.1 Å². The standard InChI is InChI=1S/C14H12N2O6S/c1-21-13-7-9(3-5-11(13)15(17)18)23-10-4-6-12(16(19)20)14(8-10)22-2/h3-8H,1-2H3. The molecule has 0 N–H and O–H groups in total. The van der Waals surface area contributed by atoms with E-state index in [-0.39, 0.29) is 22.9 Å². The molecular weight excluding hydrogens is 324 g/mol. The van der Waals surface area contributed by atoms with E-state index in [0.29, 0.717) is 9.79 Å². The van der Waals surface area contributed by atoms with Crippen LogP contribution < -0.4 is 9.47 Å². The van der Waals surface area contributed by atoms with E-state index in [1.807, 2.05) is 0 Å². The lowest BCUT2D eigenvalue weighted by Gasteiger charge is -2.07. The van der Waals surface area contributed by atoms with E-state index >= 15 is 0 Å². The topological polar surface area (TPSA) is 105 Å². The molecule has 0 fully saturated rings. The van der Waals surface area contributed by atoms with Gasteiger partial charge in [-0.2, -0.15) is 0 Å². The minimum atomic E-state index is -0.526. The molecule has 0 aliphatic heterocycles. The van der Waals surface area contributed by atoms with Gasteiger partial charge in [0, 0.05) is 34.1 Å². The zero-order valence-electron chi connectivity index (χ0n) is 12.2. The molecule has 23 heavy (non-hydrogen) atoms. The highest BCUT2D eigenvalue weighted by atomic mass is 32.2. The first kappa shape index (κ1) is 16.6. The molecule has 0 unspecified atom stereocenters. The Morgan fingerprint density at radius 2 is 1.22 bits per heavy atom. The highest BCUT2D eigenvalue weighted by molar-refractivity contribution is 7.99. The monoisotopic (exact) mass is 336 g/mol. The number of ether oxygens (including phenoxy) is 2. The molecule has 8 nitrogen and oxygen atoms in total. The molecule has 0 amide bonds. The summed E-state index contributed by atoms with van der Waals surface area (Å²) in [6.45, 7) is 0. The van der Waals surface area contributed by atoms with Crippen LogP contribution in [0.4, 0.5) is 11.4 Å². The van der Waals surface area contributed by atoms with Crippen molar-refractivity contribution in [1.29, 1.82) is 0 Å². The maximum Gasteiger partial charge on any atom is 0.310 e. The van der Waals surface area contributed by atoms with Crippen LogP contribution in [0.25, 0.3) is 0 Å². The highest BCUT2D eigenvalue weighted by Crippen LogP contribution is 2.38. The summed E-state index contributed by atoms with van der Waals surface area (Å²) >= 11 is 1.28. The van der Waals surface area contributed by atoms with Crippen molar-refractivity contribution in [3.05, 3.63) is 56.6 Å². The van der Waals surface area contributed by atoms with E-state index in [9.17, 15) is 20.2 Å². The molecule has 120 valence electrons. The number of methoxy groups -OCH3 is 2. The zero-order chi connectivity index (χ0) is 17.0. The summed E-state index contributed by atoms with van der Waals surface area (Å²) in [7, 11) is 2.71. The fraction of sp³-hybridized carbons (Fsp3) is 0.143. The maximum atomic E-state index is 10.9. The molecular formula is C14H12N2O6S. The Labute approximate surface area is 135 Å². The molecule has 0 saturated heterocycles. The van der Waals surface area contributed by atoms with Crippen LogP contribution in [0.15, 0.2) is 46.2 Å². The summed E-state index contributed by atoms with van der Waals surface area (Å²) in [6.07, 6.45) is 0. The first-order chi connectivity index (χ1) is 11.0. The van der Waals surface area contributed by atoms with Crippen LogP contribution in [0.3, 0.4) is 0 Å². The van der Waals surface area contributed by atoms with Crippen molar-refractivity contribution in [2.24, 2.45) is 0 Å². The lowest BCUT2D eigenvalue weighted by molar-refractivity contribution is -0.385. The average Bonchev–Trinajstić information content (AvgIpc) is 2.54. The quantitative estimate of drug-likeness (QED) is 0.585. The van der Waals surface area contributed by atoms with Crippen molar-refractivity contribution in [2.75, 3.05) is 14.2 Å². The third kappa shape index (κ3) is 3.69. The molecule has 0 bridgehead atoms. The van der Waals surface area contributed by atoms with Crippen molar-refractivity contribution in [1.82, 2.24) is 0 Å². The molecule has 2 aromatic rings. The van der Waals surface area contributed by atoms with Crippen LogP contribution in [0.5, 0.6) is 11.5 Å². The second-order valence-corrected chi connectivity index (χ2v) is 5.43. The lowest BCUT2D eigenvalue weighted by Crippen LogP contribution is -1.94. The van der Waals surface area contributed by atoms with Gasteiger partial charge in [-0.1, -0.05) is 11.8 Å². The predicted octanol–water partition coefficient (Wildman–Crippen LogP) is 3.67. The zero-order valence-corrected chi connectivity index (χ0v) is 13.0. The Morgan fingerprint density at radius 1 is 0.826 bits per heavy atom. The van der Waals surface area contributed by atoms with Gasteiger partial charge in [0.05, 0.1) is 24.1 Å². The number of nitro groups is 2. The summed E-state index contributed by atoms with van der Waals surface area (Å²) in [5, 5.41) is 21.7. The third-order valence-corrected chi connectivity index (χ3v) is 3.91. The molecule has 0 aliphatic rings. The molecule has 2 aromatic carbocycles. The number of nitro benzene ring substituents is 2. The van der Waals surface area contributed by atoms with E-state index in [4.69, 9.17) is 9.47 Å². The van der Waals surface area contributed by atoms with E-state index < -0.39 is 9.85 Å². The van der Waals surface area contributed by atoms with Crippen LogP contribution in [-0.4, -0.2) is 24.1 Å². The highest BCUT2D eigenvalue weighted by Gasteiger charge is 2.17. The van der Waals surface area contributed by atoms with Crippen molar-refractivity contribution in [3.63, 3.8) is 0 Å². The van der Waals surface area contributed by atoms with Crippen molar-refractivity contribution < 1.29 is 19.3 Å². The first-order valence-electron chi connectivity index (χ1n) is 6.29. The van der Waals surface area contributed by atoms with Crippen LogP contribution in [0.1, 0.15) is 0 Å². The minimum absolute atomic E-state index is 0.127. The van der Waals surface area contributed by atoms with Gasteiger partial charge in [-0.05, 0) is 12.1 Å². The second-order valence-electron chi connectivity index (χ2n) is 4.28. The van der Waals surface area contributed by atoms with Gasteiger partial charge >= 0.3 is 11.4 Å². The van der Waals surface area contributed by atoms with E-state index in [1.165, 1.54) is 50.2 Å². The Hall–Kier alpha value is -2.81. The molecule has 0 saturated carbocycles. The lowest BCUT2D eigenvalue weighted by atomic mass is 10.3. The van der Waals surface area contributed by atoms with Crippen molar-refractivity contribution in [3.8, 4) is 11.5 Å². The van der Waals surface area contributed by atoms with Gasteiger partial charge in [-0.25, -0.2) is 0 Å². The second kappa shape index (κ2) is 6.97. The van der Waals surface area contributed by atoms with Gasteiger partial charge in [-0.15, -0.1) is 0 Å². The normalized spacial score (nSPS) is 10.2. The Morgan fingerprint density at radius 3 is 1.52 bits per heavy atom. The summed E-state index contributed by atoms with van der Waals surface area (Å²) in [5.74, 6) is 0.294. The molecule has 0 spiro atoms. The first-order valence-corrected chi connectivity index (χ1v) is 7.10. The van der Waals surface area contributed by atoms with E-state index in [2.05, 4.69) is 0 Å². The van der Waals surface area contributed by atoms with Crippen LogP contribution in [0.2, 0.25) is 0 Å². The van der Waals surface area contributed by atoms with Gasteiger partial charge in [0.15, 0.2) is 11.5 Å². The summed E-state index contributed by atoms with van der Waals surface area (Å²) in [4.78, 5) is 22.1. The fourth-order valence-corrected chi connectivity index (χ4v) is 2.76. The van der Waals surface area contributed by atoms with E-state index in [0.717, 1.165) is 0 Å². The van der Waals surface area contributed by atoms with Gasteiger partial charge in [-0.3, -0.25) is 20.2 Å². The smallest absolute Gasteiger partial charge is 0.310 e. The Kier molecular flexibility index (Phi) is 5.02. The molecule has 0 heterocycles. The maximum absolute atomic E-state index is 10.9. The molecule has 9 heteroatoms. The predicted molar refractivity (Wildman–Crippen MR) is 83.4 cm³/mol. The molecule has 0 aromatic heterocycles.